The fourth-order valence-corrected chi connectivity index (χ4v) is 5.82. The Morgan fingerprint density at radius 2 is 1.04 bits per heavy atom. The van der Waals surface area contributed by atoms with Crippen LogP contribution in [0.4, 0.5) is 0 Å². The van der Waals surface area contributed by atoms with Gasteiger partial charge in [0.25, 0.3) is 0 Å². The Bertz CT molecular complexity index is 1030. The van der Waals surface area contributed by atoms with Gasteiger partial charge in [-0.1, -0.05) is 0 Å². The first-order chi connectivity index (χ1) is 22.6. The molecule has 14 N–H and O–H groups in total. The molecule has 1 amide bonds. The number of carbonyl (C=O) groups is 1. The molecule has 1 unspecified atom stereocenters. The molecule has 22 heteroatoms. The van der Waals surface area contributed by atoms with Crippen LogP contribution < -0.4 is 5.32 Å². The summed E-state index contributed by atoms with van der Waals surface area (Å²) in [6.45, 7) is -2.10. The molecule has 4 saturated heterocycles. The highest BCUT2D eigenvalue weighted by Gasteiger charge is 2.54. The summed E-state index contributed by atoms with van der Waals surface area (Å²) in [5.74, 6) is -0.709. The maximum absolute atomic E-state index is 11.9. The predicted octanol–water partition coefficient (Wildman–Crippen LogP) is -9.61. The molecule has 0 spiro atoms. The second-order valence-electron chi connectivity index (χ2n) is 11.9. The summed E-state index contributed by atoms with van der Waals surface area (Å²) in [7, 11) is 0. The quantitative estimate of drug-likeness (QED) is 0.0947. The van der Waals surface area contributed by atoms with Crippen LogP contribution in [0.15, 0.2) is 0 Å². The fraction of sp³-hybridized carbons (Fsp3) is 0.962. The van der Waals surface area contributed by atoms with E-state index in [-0.39, 0.29) is 0 Å². The monoisotopic (exact) mass is 707 g/mol. The van der Waals surface area contributed by atoms with Crippen molar-refractivity contribution in [3.63, 3.8) is 0 Å². The molecule has 0 aliphatic carbocycles. The van der Waals surface area contributed by atoms with Gasteiger partial charge in [0, 0.05) is 6.92 Å². The Kier molecular flexibility index (Phi) is 13.8. The average molecular weight is 708 g/mol. The van der Waals surface area contributed by atoms with Crippen molar-refractivity contribution in [2.45, 2.75) is 130 Å². The molecule has 0 aromatic heterocycles. The number of aliphatic hydroxyl groups is 13. The molecule has 0 aromatic carbocycles. The van der Waals surface area contributed by atoms with E-state index in [1.54, 1.807) is 0 Å². The summed E-state index contributed by atoms with van der Waals surface area (Å²) in [6, 6.07) is -1.52. The third-order valence-corrected chi connectivity index (χ3v) is 8.59. The summed E-state index contributed by atoms with van der Waals surface area (Å²) in [5.41, 5.74) is 0. The lowest BCUT2D eigenvalue weighted by Crippen LogP contribution is -2.68. The number of ether oxygens (including phenoxy) is 7. The lowest BCUT2D eigenvalue weighted by atomic mass is 9.95. The first-order valence-electron chi connectivity index (χ1n) is 15.1. The lowest BCUT2D eigenvalue weighted by molar-refractivity contribution is -0.383. The Hall–Kier alpha value is -1.33. The number of hydrogen-bond donors (Lipinski definition) is 14. The standard InChI is InChI=1S/C26H45NO21/c1-6(31)27-11-16(36)12(32)7(2-28)44-24(11)48-22-18(38)14(34)9(4-30)46-26(22)47-21-15(35)10(43-23(41)20(21)40)5-42-25-19(39)17(37)13(33)8(3-29)45-25/h7-26,28-30,32-41H,2-5H2,1H3,(H,27,31)/t7-,8-,9-,10-,11-,12-,13-,14-,15-,16-,17+,18+,19+,20+,21+,22+,23?,24+,25+,26-/m1/s1. The van der Waals surface area contributed by atoms with E-state index in [2.05, 4.69) is 5.32 Å². The number of nitrogens with one attached hydrogen (secondary N) is 1. The van der Waals surface area contributed by atoms with Crippen LogP contribution in [0.25, 0.3) is 0 Å². The van der Waals surface area contributed by atoms with Crippen molar-refractivity contribution in [2.24, 2.45) is 0 Å². The van der Waals surface area contributed by atoms with E-state index in [4.69, 9.17) is 33.2 Å². The highest BCUT2D eigenvalue weighted by Crippen LogP contribution is 2.33. The third kappa shape index (κ3) is 8.24. The van der Waals surface area contributed by atoms with E-state index >= 15 is 0 Å². The second kappa shape index (κ2) is 16.8. The summed E-state index contributed by atoms with van der Waals surface area (Å²) in [5, 5.41) is 136. The molecule has 280 valence electrons. The molecule has 48 heavy (non-hydrogen) atoms. The SMILES string of the molecule is CC(=O)N[C@H]1[C@H](O[C@@H]2[C@@H](O[C@H]3[C@H](O)[C@@H](CO[C@H]4O[C@H](CO)[C@@H](O)[C@H](O)[C@@H]4O)OC(O)[C@H]3O)O[C@H](CO)[C@@H](O)[C@@H]2O)O[C@H](CO)[C@@H](O)[C@@H]1O. The molecule has 4 heterocycles. The molecule has 4 rings (SSSR count). The Morgan fingerprint density at radius 1 is 0.542 bits per heavy atom. The van der Waals surface area contributed by atoms with Gasteiger partial charge >= 0.3 is 0 Å². The molecular weight excluding hydrogens is 662 g/mol. The Morgan fingerprint density at radius 3 is 1.60 bits per heavy atom. The summed E-state index contributed by atoms with van der Waals surface area (Å²) in [4.78, 5) is 11.9. The van der Waals surface area contributed by atoms with Crippen molar-refractivity contribution in [2.75, 3.05) is 26.4 Å². The van der Waals surface area contributed by atoms with Crippen LogP contribution >= 0.6 is 0 Å². The van der Waals surface area contributed by atoms with Gasteiger partial charge in [-0.2, -0.15) is 0 Å². The van der Waals surface area contributed by atoms with Crippen LogP contribution in [0.5, 0.6) is 0 Å². The van der Waals surface area contributed by atoms with Gasteiger partial charge in [0.05, 0.1) is 26.4 Å². The Balaban J connectivity index is 1.54. The zero-order valence-electron chi connectivity index (χ0n) is 25.5. The molecule has 22 nitrogen and oxygen atoms in total. The molecule has 4 aliphatic heterocycles. The summed E-state index contributed by atoms with van der Waals surface area (Å²) in [6.07, 6.45) is -33.6. The fourth-order valence-electron chi connectivity index (χ4n) is 5.82. The van der Waals surface area contributed by atoms with Crippen molar-refractivity contribution >= 4 is 5.91 Å². The maximum Gasteiger partial charge on any atom is 0.217 e. The minimum atomic E-state index is -2.07. The van der Waals surface area contributed by atoms with Crippen LogP contribution in [-0.2, 0) is 38.0 Å². The first-order valence-corrected chi connectivity index (χ1v) is 15.1. The van der Waals surface area contributed by atoms with E-state index in [1.807, 2.05) is 0 Å². The van der Waals surface area contributed by atoms with Gasteiger partial charge in [0.15, 0.2) is 25.2 Å². The van der Waals surface area contributed by atoms with E-state index < -0.39 is 155 Å². The zero-order chi connectivity index (χ0) is 35.6. The van der Waals surface area contributed by atoms with E-state index in [9.17, 15) is 71.2 Å². The van der Waals surface area contributed by atoms with Crippen molar-refractivity contribution < 1.29 is 104 Å². The summed E-state index contributed by atoms with van der Waals surface area (Å²) >= 11 is 0. The van der Waals surface area contributed by atoms with Gasteiger partial charge in [-0.25, -0.2) is 0 Å². The van der Waals surface area contributed by atoms with Crippen LogP contribution in [0.1, 0.15) is 6.92 Å². The van der Waals surface area contributed by atoms with Crippen LogP contribution in [0.3, 0.4) is 0 Å². The number of hydrogen-bond acceptors (Lipinski definition) is 21. The molecule has 4 fully saturated rings. The zero-order valence-corrected chi connectivity index (χ0v) is 25.5. The molecule has 0 saturated carbocycles. The predicted molar refractivity (Wildman–Crippen MR) is 145 cm³/mol. The van der Waals surface area contributed by atoms with Gasteiger partial charge in [-0.3, -0.25) is 4.79 Å². The lowest BCUT2D eigenvalue weighted by Gasteiger charge is -2.49. The van der Waals surface area contributed by atoms with E-state index in [0.717, 1.165) is 6.92 Å². The highest BCUT2D eigenvalue weighted by molar-refractivity contribution is 5.73. The van der Waals surface area contributed by atoms with Crippen molar-refractivity contribution in [3.8, 4) is 0 Å². The number of aliphatic hydroxyl groups excluding tert-OH is 13. The van der Waals surface area contributed by atoms with Crippen LogP contribution in [-0.4, -0.2) is 221 Å². The number of amides is 1. The maximum atomic E-state index is 11.9. The smallest absolute Gasteiger partial charge is 0.217 e. The van der Waals surface area contributed by atoms with Crippen molar-refractivity contribution in [1.82, 2.24) is 5.32 Å². The largest absolute Gasteiger partial charge is 0.394 e. The van der Waals surface area contributed by atoms with Crippen molar-refractivity contribution in [3.05, 3.63) is 0 Å². The van der Waals surface area contributed by atoms with E-state index in [1.165, 1.54) is 0 Å². The van der Waals surface area contributed by atoms with Crippen LogP contribution in [0.2, 0.25) is 0 Å². The Labute approximate surface area is 272 Å². The van der Waals surface area contributed by atoms with Gasteiger partial charge in [-0.15, -0.1) is 0 Å². The first kappa shape index (κ1) is 39.5. The molecule has 20 atom stereocenters. The molecule has 0 radical (unpaired) electrons. The van der Waals surface area contributed by atoms with Gasteiger partial charge in [0.1, 0.15) is 97.6 Å². The number of carbonyl (C=O) groups excluding carboxylic acids is 1. The highest BCUT2D eigenvalue weighted by atomic mass is 16.8. The minimum Gasteiger partial charge on any atom is -0.394 e. The third-order valence-electron chi connectivity index (χ3n) is 8.59. The van der Waals surface area contributed by atoms with Gasteiger partial charge in [0.2, 0.25) is 5.91 Å². The number of rotatable bonds is 11. The van der Waals surface area contributed by atoms with Crippen molar-refractivity contribution in [1.29, 1.82) is 0 Å². The van der Waals surface area contributed by atoms with E-state index in [0.29, 0.717) is 0 Å². The van der Waals surface area contributed by atoms with Gasteiger partial charge < -0.3 is 105 Å². The minimum absolute atomic E-state index is 0.709. The molecule has 0 aromatic rings. The van der Waals surface area contributed by atoms with Gasteiger partial charge in [-0.05, 0) is 0 Å². The summed E-state index contributed by atoms with van der Waals surface area (Å²) < 4.78 is 38.4. The van der Waals surface area contributed by atoms with Crippen LogP contribution in [0, 0.1) is 0 Å². The molecular formula is C26H45NO21. The average Bonchev–Trinajstić information content (AvgIpc) is 3.06. The molecule has 4 aliphatic rings. The topological polar surface area (TPSA) is 357 Å². The normalized spacial score (nSPS) is 50.2. The second-order valence-corrected chi connectivity index (χ2v) is 11.9. The molecule has 0 bridgehead atoms.